The molecule has 0 aliphatic heterocycles. The highest BCUT2D eigenvalue weighted by atomic mass is 32.1. The van der Waals surface area contributed by atoms with Gasteiger partial charge in [0.15, 0.2) is 0 Å². The lowest BCUT2D eigenvalue weighted by Gasteiger charge is -1.99. The molecule has 3 heteroatoms. The second-order valence-corrected chi connectivity index (χ2v) is 2.67. The Hall–Kier alpha value is -0.800. The smallest absolute Gasteiger partial charge is 0.0271 e. The molecule has 0 saturated carbocycles. The van der Waals surface area contributed by atoms with Crippen LogP contribution in [0.4, 0.5) is 0 Å². The van der Waals surface area contributed by atoms with Crippen molar-refractivity contribution in [2.75, 3.05) is 6.54 Å². The minimum Gasteiger partial charge on any atom is -0.309 e. The Labute approximate surface area is 78.1 Å². The van der Waals surface area contributed by atoms with Gasteiger partial charge in [-0.3, -0.25) is 4.98 Å². The van der Waals surface area contributed by atoms with Gasteiger partial charge >= 0.3 is 0 Å². The first-order chi connectivity index (χ1) is 5.93. The van der Waals surface area contributed by atoms with Crippen LogP contribution in [0.15, 0.2) is 36.0 Å². The summed E-state index contributed by atoms with van der Waals surface area (Å²) in [6.07, 6.45) is 5.56. The molecule has 0 bridgehead atoms. The summed E-state index contributed by atoms with van der Waals surface area (Å²) in [7, 11) is 0. The van der Waals surface area contributed by atoms with E-state index in [1.54, 1.807) is 17.8 Å². The fraction of sp³-hybridized carbons (Fsp3) is 0.222. The molecule has 0 atom stereocenters. The zero-order valence-electron chi connectivity index (χ0n) is 6.77. The number of aromatic nitrogens is 1. The fourth-order valence-electron chi connectivity index (χ4n) is 0.853. The summed E-state index contributed by atoms with van der Waals surface area (Å²) < 4.78 is 0. The summed E-state index contributed by atoms with van der Waals surface area (Å²) in [6, 6.07) is 3.99. The van der Waals surface area contributed by atoms with E-state index in [4.69, 9.17) is 0 Å². The van der Waals surface area contributed by atoms with E-state index in [2.05, 4.69) is 22.9 Å². The highest BCUT2D eigenvalue weighted by Gasteiger charge is 1.87. The van der Waals surface area contributed by atoms with E-state index >= 15 is 0 Å². The quantitative estimate of drug-likeness (QED) is 0.543. The van der Waals surface area contributed by atoms with Gasteiger partial charge in [-0.15, -0.1) is 0 Å². The van der Waals surface area contributed by atoms with Crippen molar-refractivity contribution in [3.63, 3.8) is 0 Å². The molecule has 1 heterocycles. The third kappa shape index (κ3) is 3.55. The van der Waals surface area contributed by atoms with Gasteiger partial charge in [-0.1, -0.05) is 6.08 Å². The lowest BCUT2D eigenvalue weighted by atomic mass is 10.3. The van der Waals surface area contributed by atoms with Crippen molar-refractivity contribution in [3.8, 4) is 0 Å². The minimum absolute atomic E-state index is 0.853. The molecule has 1 aromatic heterocycles. The van der Waals surface area contributed by atoms with Gasteiger partial charge < -0.3 is 5.32 Å². The number of nitrogens with zero attached hydrogens (tertiary/aromatic N) is 1. The highest BCUT2D eigenvalue weighted by Crippen LogP contribution is 1.94. The number of rotatable bonds is 4. The molecule has 0 aromatic carbocycles. The van der Waals surface area contributed by atoms with Gasteiger partial charge in [0.1, 0.15) is 0 Å². The zero-order chi connectivity index (χ0) is 8.65. The average molecular weight is 180 g/mol. The SMILES string of the molecule is SC=CCNCc1ccncc1. The molecule has 0 saturated heterocycles. The maximum atomic E-state index is 3.95. The standard InChI is InChI=1S/C9H12N2S/c12-7-1-4-11-8-9-2-5-10-6-3-9/h1-3,5-7,11-12H,4,8H2. The van der Waals surface area contributed by atoms with Crippen LogP contribution in [0.5, 0.6) is 0 Å². The second-order valence-electron chi connectivity index (χ2n) is 2.37. The summed E-state index contributed by atoms with van der Waals surface area (Å²) in [5, 5.41) is 4.97. The van der Waals surface area contributed by atoms with Crippen LogP contribution < -0.4 is 5.32 Å². The molecule has 64 valence electrons. The van der Waals surface area contributed by atoms with E-state index < -0.39 is 0 Å². The molecular weight excluding hydrogens is 168 g/mol. The van der Waals surface area contributed by atoms with Crippen molar-refractivity contribution in [1.82, 2.24) is 10.3 Å². The Kier molecular flexibility index (Phi) is 4.49. The molecule has 0 unspecified atom stereocenters. The fourth-order valence-corrected chi connectivity index (χ4v) is 0.959. The monoisotopic (exact) mass is 180 g/mol. The van der Waals surface area contributed by atoms with Crippen molar-refractivity contribution in [2.24, 2.45) is 0 Å². The van der Waals surface area contributed by atoms with E-state index in [1.807, 2.05) is 18.2 Å². The summed E-state index contributed by atoms with van der Waals surface area (Å²) in [5.41, 5.74) is 1.25. The number of pyridine rings is 1. The molecule has 0 aliphatic rings. The zero-order valence-corrected chi connectivity index (χ0v) is 7.67. The van der Waals surface area contributed by atoms with E-state index in [-0.39, 0.29) is 0 Å². The van der Waals surface area contributed by atoms with Gasteiger partial charge in [-0.05, 0) is 23.1 Å². The maximum absolute atomic E-state index is 3.95. The van der Waals surface area contributed by atoms with Gasteiger partial charge in [0, 0.05) is 25.5 Å². The molecule has 0 aliphatic carbocycles. The van der Waals surface area contributed by atoms with Crippen molar-refractivity contribution < 1.29 is 0 Å². The largest absolute Gasteiger partial charge is 0.309 e. The normalized spacial score (nSPS) is 10.8. The Morgan fingerprint density at radius 1 is 1.42 bits per heavy atom. The number of nitrogens with one attached hydrogen (secondary N) is 1. The summed E-state index contributed by atoms with van der Waals surface area (Å²) in [4.78, 5) is 3.94. The number of hydrogen-bond donors (Lipinski definition) is 2. The Morgan fingerprint density at radius 2 is 2.17 bits per heavy atom. The number of hydrogen-bond acceptors (Lipinski definition) is 3. The second kappa shape index (κ2) is 5.80. The molecular formula is C9H12N2S. The average Bonchev–Trinajstić information content (AvgIpc) is 2.14. The van der Waals surface area contributed by atoms with Crippen LogP contribution >= 0.6 is 12.6 Å². The molecule has 0 spiro atoms. The van der Waals surface area contributed by atoms with E-state index in [0.29, 0.717) is 0 Å². The lowest BCUT2D eigenvalue weighted by molar-refractivity contribution is 0.759. The highest BCUT2D eigenvalue weighted by molar-refractivity contribution is 7.83. The molecule has 1 aromatic rings. The predicted molar refractivity (Wildman–Crippen MR) is 54.1 cm³/mol. The third-order valence-electron chi connectivity index (χ3n) is 1.45. The predicted octanol–water partition coefficient (Wildman–Crippen LogP) is 1.61. The lowest BCUT2D eigenvalue weighted by Crippen LogP contribution is -2.12. The summed E-state index contributed by atoms with van der Waals surface area (Å²) >= 11 is 3.95. The molecule has 0 amide bonds. The van der Waals surface area contributed by atoms with Gasteiger partial charge in [0.25, 0.3) is 0 Å². The maximum Gasteiger partial charge on any atom is 0.0271 e. The third-order valence-corrected chi connectivity index (χ3v) is 1.66. The number of thiol groups is 1. The molecule has 1 N–H and O–H groups in total. The van der Waals surface area contributed by atoms with Crippen molar-refractivity contribution in [1.29, 1.82) is 0 Å². The molecule has 2 nitrogen and oxygen atoms in total. The van der Waals surface area contributed by atoms with Crippen LogP contribution in [-0.4, -0.2) is 11.5 Å². The van der Waals surface area contributed by atoms with Gasteiger partial charge in [-0.25, -0.2) is 0 Å². The Morgan fingerprint density at radius 3 is 2.83 bits per heavy atom. The summed E-state index contributed by atoms with van der Waals surface area (Å²) in [5.74, 6) is 0. The van der Waals surface area contributed by atoms with Crippen LogP contribution in [0.25, 0.3) is 0 Å². The Bertz CT molecular complexity index is 234. The summed E-state index contributed by atoms with van der Waals surface area (Å²) in [6.45, 7) is 1.73. The van der Waals surface area contributed by atoms with Crippen molar-refractivity contribution in [2.45, 2.75) is 6.54 Å². The van der Waals surface area contributed by atoms with Crippen LogP contribution in [0.2, 0.25) is 0 Å². The van der Waals surface area contributed by atoms with Crippen molar-refractivity contribution in [3.05, 3.63) is 41.6 Å². The minimum atomic E-state index is 0.853. The van der Waals surface area contributed by atoms with Gasteiger partial charge in [0.05, 0.1) is 0 Å². The van der Waals surface area contributed by atoms with Crippen LogP contribution in [-0.2, 0) is 6.54 Å². The van der Waals surface area contributed by atoms with E-state index in [1.165, 1.54) is 5.56 Å². The first-order valence-electron chi connectivity index (χ1n) is 3.82. The van der Waals surface area contributed by atoms with Crippen LogP contribution in [0.3, 0.4) is 0 Å². The van der Waals surface area contributed by atoms with Crippen molar-refractivity contribution >= 4 is 12.6 Å². The van der Waals surface area contributed by atoms with E-state index in [0.717, 1.165) is 13.1 Å². The molecule has 1 rings (SSSR count). The van der Waals surface area contributed by atoms with Crippen LogP contribution in [0, 0.1) is 0 Å². The van der Waals surface area contributed by atoms with Gasteiger partial charge in [-0.2, -0.15) is 12.6 Å². The van der Waals surface area contributed by atoms with E-state index in [9.17, 15) is 0 Å². The topological polar surface area (TPSA) is 24.9 Å². The molecule has 0 radical (unpaired) electrons. The first-order valence-corrected chi connectivity index (χ1v) is 4.34. The molecule has 0 fully saturated rings. The van der Waals surface area contributed by atoms with Gasteiger partial charge in [0.2, 0.25) is 0 Å². The molecule has 12 heavy (non-hydrogen) atoms. The van der Waals surface area contributed by atoms with Crippen LogP contribution in [0.1, 0.15) is 5.56 Å². The first kappa shape index (κ1) is 9.29. The Balaban J connectivity index is 2.24.